The van der Waals surface area contributed by atoms with E-state index in [1.807, 2.05) is 0 Å². The van der Waals surface area contributed by atoms with Gasteiger partial charge in [-0.15, -0.1) is 0 Å². The van der Waals surface area contributed by atoms with Crippen LogP contribution in [-0.2, 0) is 0 Å². The highest BCUT2D eigenvalue weighted by atomic mass is 28.2. The van der Waals surface area contributed by atoms with Crippen LogP contribution < -0.4 is 10.4 Å². The summed E-state index contributed by atoms with van der Waals surface area (Å²) in [5.41, 5.74) is 10.4. The molecule has 0 amide bonds. The first-order valence-electron chi connectivity index (χ1n) is 7.99. The van der Waals surface area contributed by atoms with Crippen LogP contribution in [0.25, 0.3) is 11.1 Å². The third-order valence-corrected chi connectivity index (χ3v) is 7.66. The number of rotatable bonds is 5. The number of hydrogen-bond acceptors (Lipinski definition) is 0. The molecule has 22 heavy (non-hydrogen) atoms. The van der Waals surface area contributed by atoms with Crippen molar-refractivity contribution in [3.63, 3.8) is 0 Å². The molecule has 0 aliphatic heterocycles. The topological polar surface area (TPSA) is 0 Å². The van der Waals surface area contributed by atoms with Gasteiger partial charge in [-0.1, -0.05) is 81.4 Å². The van der Waals surface area contributed by atoms with Crippen molar-refractivity contribution in [3.05, 3.63) is 71.1 Å². The van der Waals surface area contributed by atoms with Gasteiger partial charge >= 0.3 is 0 Å². The van der Waals surface area contributed by atoms with Crippen molar-refractivity contribution in [3.8, 4) is 11.1 Å². The molecule has 0 saturated carbocycles. The van der Waals surface area contributed by atoms with Gasteiger partial charge in [0.15, 0.2) is 0 Å². The molecule has 2 rings (SSSR count). The second kappa shape index (κ2) is 8.11. The van der Waals surface area contributed by atoms with Crippen molar-refractivity contribution in [2.75, 3.05) is 0 Å². The maximum absolute atomic E-state index is 2.41. The van der Waals surface area contributed by atoms with Gasteiger partial charge in [-0.25, -0.2) is 0 Å². The summed E-state index contributed by atoms with van der Waals surface area (Å²) in [6, 6.07) is 18.3. The van der Waals surface area contributed by atoms with Gasteiger partial charge < -0.3 is 0 Å². The minimum Gasteiger partial charge on any atom is -0.0975 e. The highest BCUT2D eigenvalue weighted by Gasteiger charge is 1.99. The van der Waals surface area contributed by atoms with Gasteiger partial charge in [0.1, 0.15) is 0 Å². The maximum Gasteiger partial charge on any atom is 0.0782 e. The molecule has 0 spiro atoms. The van der Waals surface area contributed by atoms with Crippen molar-refractivity contribution in [2.24, 2.45) is 0 Å². The third kappa shape index (κ3) is 5.28. The molecule has 0 fully saturated rings. The number of benzene rings is 2. The zero-order valence-corrected chi connectivity index (χ0v) is 17.0. The second-order valence-electron chi connectivity index (χ2n) is 6.37. The quantitative estimate of drug-likeness (QED) is 0.743. The van der Waals surface area contributed by atoms with Crippen LogP contribution in [0.5, 0.6) is 0 Å². The Kier molecular flexibility index (Phi) is 6.16. The lowest BCUT2D eigenvalue weighted by atomic mass is 10.1. The third-order valence-electron chi connectivity index (χ3n) is 3.73. The van der Waals surface area contributed by atoms with Crippen LogP contribution in [0.3, 0.4) is 0 Å². The van der Waals surface area contributed by atoms with Gasteiger partial charge in [0.25, 0.3) is 0 Å². The van der Waals surface area contributed by atoms with E-state index in [9.17, 15) is 0 Å². The summed E-state index contributed by atoms with van der Waals surface area (Å²) >= 11 is 0. The van der Waals surface area contributed by atoms with E-state index in [1.54, 1.807) is 0 Å². The van der Waals surface area contributed by atoms with Crippen LogP contribution in [0, 0.1) is 0 Å². The van der Waals surface area contributed by atoms with E-state index in [0.717, 1.165) is 0 Å². The molecule has 0 saturated heterocycles. The van der Waals surface area contributed by atoms with Crippen molar-refractivity contribution in [1.29, 1.82) is 0 Å². The Morgan fingerprint density at radius 2 is 0.909 bits per heavy atom. The molecule has 0 heterocycles. The molecule has 0 aliphatic rings. The molecule has 0 unspecified atom stereocenters. The summed E-state index contributed by atoms with van der Waals surface area (Å²) in [5.74, 6) is 0. The Balaban J connectivity index is 2.08. The van der Waals surface area contributed by atoms with E-state index in [0.29, 0.717) is 0 Å². The molecule has 0 aromatic heterocycles. The minimum atomic E-state index is -0.239. The molecular weight excluding hydrogens is 296 g/mol. The van der Waals surface area contributed by atoms with Crippen LogP contribution in [0.15, 0.2) is 71.1 Å². The second-order valence-corrected chi connectivity index (χ2v) is 9.63. The van der Waals surface area contributed by atoms with E-state index in [4.69, 9.17) is 0 Å². The first-order chi connectivity index (χ1) is 10.5. The average Bonchev–Trinajstić information content (AvgIpc) is 2.52. The van der Waals surface area contributed by atoms with Gasteiger partial charge in [0.2, 0.25) is 0 Å². The van der Waals surface area contributed by atoms with Gasteiger partial charge in [-0.05, 0) is 38.8 Å². The van der Waals surface area contributed by atoms with Crippen LogP contribution in [0.2, 0.25) is 0 Å². The van der Waals surface area contributed by atoms with Crippen molar-refractivity contribution < 1.29 is 0 Å². The Morgan fingerprint density at radius 1 is 0.591 bits per heavy atom. The lowest BCUT2D eigenvalue weighted by Gasteiger charge is -2.05. The van der Waals surface area contributed by atoms with E-state index < -0.39 is 0 Å². The van der Waals surface area contributed by atoms with Gasteiger partial charge in [0.05, 0.1) is 19.0 Å². The highest BCUT2D eigenvalue weighted by molar-refractivity contribution is 6.59. The van der Waals surface area contributed by atoms with Crippen LogP contribution >= 0.6 is 0 Å². The molecule has 0 bridgehead atoms. The fraction of sp³-hybridized carbons (Fsp3) is 0.200. The standard InChI is InChI=1S/C20H26Si2/c1-15(2)13-21-19-9-5-17(6-10-19)18-7-11-20(12-8-18)22-14-16(3)4/h5-14H,21-22H2,1-4H3. The van der Waals surface area contributed by atoms with E-state index >= 15 is 0 Å². The van der Waals surface area contributed by atoms with Crippen LogP contribution in [-0.4, -0.2) is 19.0 Å². The molecule has 0 radical (unpaired) electrons. The number of allylic oxidation sites excluding steroid dienone is 2. The Hall–Kier alpha value is -1.65. The van der Waals surface area contributed by atoms with Crippen molar-refractivity contribution >= 4 is 29.4 Å². The Labute approximate surface area is 139 Å². The Morgan fingerprint density at radius 3 is 1.18 bits per heavy atom. The molecule has 0 nitrogen and oxygen atoms in total. The minimum absolute atomic E-state index is 0.239. The zero-order chi connectivity index (χ0) is 15.9. The highest BCUT2D eigenvalue weighted by Crippen LogP contribution is 2.16. The zero-order valence-electron chi connectivity index (χ0n) is 14.2. The molecule has 114 valence electrons. The molecule has 0 N–H and O–H groups in total. The first kappa shape index (κ1) is 16.7. The van der Waals surface area contributed by atoms with Crippen LogP contribution in [0.4, 0.5) is 0 Å². The monoisotopic (exact) mass is 322 g/mol. The van der Waals surface area contributed by atoms with Gasteiger partial charge in [0, 0.05) is 0 Å². The summed E-state index contributed by atoms with van der Waals surface area (Å²) < 4.78 is 0. The summed E-state index contributed by atoms with van der Waals surface area (Å²) in [7, 11) is -0.478. The SMILES string of the molecule is CC(C)=C[SiH2]c1ccc(-c2ccc([SiH2]C=C(C)C)cc2)cc1. The molecular formula is C20H26Si2. The summed E-state index contributed by atoms with van der Waals surface area (Å²) in [6.45, 7) is 8.73. The van der Waals surface area contributed by atoms with Crippen molar-refractivity contribution in [1.82, 2.24) is 0 Å². The van der Waals surface area contributed by atoms with E-state index in [-0.39, 0.29) is 19.0 Å². The summed E-state index contributed by atoms with van der Waals surface area (Å²) in [6.07, 6.45) is 0. The fourth-order valence-electron chi connectivity index (χ4n) is 2.31. The largest absolute Gasteiger partial charge is 0.0975 e. The summed E-state index contributed by atoms with van der Waals surface area (Å²) in [5, 5.41) is 3.02. The lowest BCUT2D eigenvalue weighted by Crippen LogP contribution is -2.12. The van der Waals surface area contributed by atoms with Gasteiger partial charge in [-0.2, -0.15) is 0 Å². The van der Waals surface area contributed by atoms with Crippen LogP contribution in [0.1, 0.15) is 27.7 Å². The fourth-order valence-corrected chi connectivity index (χ4v) is 4.61. The predicted octanol–water partition coefficient (Wildman–Crippen LogP) is 2.79. The van der Waals surface area contributed by atoms with Gasteiger partial charge in [-0.3, -0.25) is 0 Å². The van der Waals surface area contributed by atoms with E-state index in [1.165, 1.54) is 32.6 Å². The summed E-state index contributed by atoms with van der Waals surface area (Å²) in [4.78, 5) is 0. The molecule has 0 aliphatic carbocycles. The lowest BCUT2D eigenvalue weighted by molar-refractivity contribution is 1.41. The van der Waals surface area contributed by atoms with Crippen molar-refractivity contribution in [2.45, 2.75) is 27.7 Å². The van der Waals surface area contributed by atoms with E-state index in [2.05, 4.69) is 87.6 Å². The molecule has 2 aromatic rings. The maximum atomic E-state index is 2.41. The molecule has 2 heteroatoms. The molecule has 0 atom stereocenters. The smallest absolute Gasteiger partial charge is 0.0782 e. The average molecular weight is 323 g/mol. The number of hydrogen-bond donors (Lipinski definition) is 0. The predicted molar refractivity (Wildman–Crippen MR) is 107 cm³/mol. The Bertz CT molecular complexity index is 592. The molecule has 2 aromatic carbocycles. The first-order valence-corrected chi connectivity index (χ1v) is 11.0. The normalized spacial score (nSPS) is 11.3.